The van der Waals surface area contributed by atoms with Gasteiger partial charge in [0.2, 0.25) is 0 Å². The van der Waals surface area contributed by atoms with Gasteiger partial charge in [-0.2, -0.15) is 10.2 Å². The molecule has 4 rings (SSSR count). The molecule has 0 radical (unpaired) electrons. The van der Waals surface area contributed by atoms with Crippen molar-refractivity contribution in [3.05, 3.63) is 46.9 Å². The van der Waals surface area contributed by atoms with E-state index in [-0.39, 0.29) is 11.9 Å². The average molecular weight is 337 g/mol. The zero-order valence-electron chi connectivity index (χ0n) is 14.9. The minimum Gasteiger partial charge on any atom is -0.334 e. The van der Waals surface area contributed by atoms with Gasteiger partial charge in [-0.25, -0.2) is 0 Å². The Morgan fingerprint density at radius 1 is 1.28 bits per heavy atom. The van der Waals surface area contributed by atoms with Crippen molar-refractivity contribution in [1.82, 2.24) is 24.9 Å². The molecule has 3 aromatic rings. The highest BCUT2D eigenvalue weighted by Gasteiger charge is 2.31. The van der Waals surface area contributed by atoms with Crippen molar-refractivity contribution >= 4 is 16.8 Å². The molecule has 1 fully saturated rings. The Bertz CT molecular complexity index is 939. The van der Waals surface area contributed by atoms with Crippen LogP contribution in [-0.4, -0.2) is 43.4 Å². The van der Waals surface area contributed by atoms with Crippen LogP contribution in [0.4, 0.5) is 0 Å². The molecule has 3 heterocycles. The standard InChI is InChI=1S/C19H23N5O/c1-12-7-15-10-20-21-18(15)17(8-12)19(25)23-6-4-5-16(23)11-24-14(3)9-13(2)22-24/h7-10,16H,4-6,11H2,1-3H3,(H,20,21)/t16-/m0/s1. The van der Waals surface area contributed by atoms with E-state index in [2.05, 4.69) is 28.3 Å². The topological polar surface area (TPSA) is 66.8 Å². The lowest BCUT2D eigenvalue weighted by atomic mass is 10.1. The summed E-state index contributed by atoms with van der Waals surface area (Å²) in [4.78, 5) is 15.3. The number of H-pyrrole nitrogens is 1. The van der Waals surface area contributed by atoms with Crippen LogP contribution < -0.4 is 0 Å². The van der Waals surface area contributed by atoms with Crippen molar-refractivity contribution in [2.75, 3.05) is 6.54 Å². The number of aryl methyl sites for hydroxylation is 3. The summed E-state index contributed by atoms with van der Waals surface area (Å²) in [5.74, 6) is 0.0852. The third kappa shape index (κ3) is 2.81. The number of nitrogens with zero attached hydrogens (tertiary/aromatic N) is 4. The minimum absolute atomic E-state index is 0.0852. The molecule has 0 saturated carbocycles. The molecule has 0 spiro atoms. The number of likely N-dealkylation sites (tertiary alicyclic amines) is 1. The number of amides is 1. The van der Waals surface area contributed by atoms with E-state index >= 15 is 0 Å². The monoisotopic (exact) mass is 337 g/mol. The van der Waals surface area contributed by atoms with Gasteiger partial charge < -0.3 is 4.90 Å². The molecule has 0 unspecified atom stereocenters. The van der Waals surface area contributed by atoms with Crippen molar-refractivity contribution in [3.8, 4) is 0 Å². The average Bonchev–Trinajstić information content (AvgIpc) is 3.27. The Labute approximate surface area is 146 Å². The zero-order valence-corrected chi connectivity index (χ0v) is 14.9. The smallest absolute Gasteiger partial charge is 0.256 e. The molecule has 0 aliphatic carbocycles. The van der Waals surface area contributed by atoms with Crippen molar-refractivity contribution in [3.63, 3.8) is 0 Å². The molecular formula is C19H23N5O. The van der Waals surface area contributed by atoms with E-state index in [9.17, 15) is 4.79 Å². The van der Waals surface area contributed by atoms with E-state index in [1.54, 1.807) is 6.20 Å². The molecule has 1 atom stereocenters. The lowest BCUT2D eigenvalue weighted by molar-refractivity contribution is 0.0722. The third-order valence-electron chi connectivity index (χ3n) is 5.05. The van der Waals surface area contributed by atoms with Crippen molar-refractivity contribution in [2.24, 2.45) is 0 Å². The summed E-state index contributed by atoms with van der Waals surface area (Å²) in [6, 6.07) is 6.27. The van der Waals surface area contributed by atoms with E-state index in [1.807, 2.05) is 35.6 Å². The number of aromatic amines is 1. The minimum atomic E-state index is 0.0852. The lowest BCUT2D eigenvalue weighted by Gasteiger charge is -2.25. The Balaban J connectivity index is 1.64. The maximum absolute atomic E-state index is 13.3. The summed E-state index contributed by atoms with van der Waals surface area (Å²) >= 11 is 0. The fourth-order valence-corrected chi connectivity index (χ4v) is 3.88. The highest BCUT2D eigenvalue weighted by atomic mass is 16.2. The molecule has 25 heavy (non-hydrogen) atoms. The summed E-state index contributed by atoms with van der Waals surface area (Å²) in [5, 5.41) is 12.6. The maximum atomic E-state index is 13.3. The van der Waals surface area contributed by atoms with Gasteiger partial charge in [-0.05, 0) is 57.4 Å². The number of carbonyl (C=O) groups excluding carboxylic acids is 1. The first-order valence-corrected chi connectivity index (χ1v) is 8.78. The molecule has 1 saturated heterocycles. The summed E-state index contributed by atoms with van der Waals surface area (Å²) in [5.41, 5.74) is 4.78. The van der Waals surface area contributed by atoms with Crippen LogP contribution in [0.25, 0.3) is 10.9 Å². The van der Waals surface area contributed by atoms with Gasteiger partial charge in [0.15, 0.2) is 0 Å². The number of aromatic nitrogens is 4. The van der Waals surface area contributed by atoms with E-state index in [1.165, 1.54) is 0 Å². The molecule has 130 valence electrons. The Morgan fingerprint density at radius 3 is 2.88 bits per heavy atom. The first-order chi connectivity index (χ1) is 12.0. The van der Waals surface area contributed by atoms with E-state index < -0.39 is 0 Å². The van der Waals surface area contributed by atoms with Crippen LogP contribution in [0.15, 0.2) is 24.4 Å². The SMILES string of the molecule is Cc1cc(C(=O)N2CCC[C@H]2Cn2nc(C)cc2C)c2[nH]ncc2c1. The van der Waals surface area contributed by atoms with Crippen LogP contribution >= 0.6 is 0 Å². The van der Waals surface area contributed by atoms with E-state index in [0.29, 0.717) is 5.56 Å². The molecule has 1 aliphatic rings. The van der Waals surface area contributed by atoms with Crippen molar-refractivity contribution in [2.45, 2.75) is 46.2 Å². The molecule has 6 heteroatoms. The van der Waals surface area contributed by atoms with Gasteiger partial charge in [0.1, 0.15) is 0 Å². The van der Waals surface area contributed by atoms with Crippen molar-refractivity contribution < 1.29 is 4.79 Å². The quantitative estimate of drug-likeness (QED) is 0.799. The highest BCUT2D eigenvalue weighted by molar-refractivity contribution is 6.05. The predicted octanol–water partition coefficient (Wildman–Crippen LogP) is 2.99. The molecule has 1 aliphatic heterocycles. The molecule has 1 aromatic carbocycles. The second kappa shape index (κ2) is 6.02. The first kappa shape index (κ1) is 15.9. The zero-order chi connectivity index (χ0) is 17.6. The lowest BCUT2D eigenvalue weighted by Crippen LogP contribution is -2.38. The number of hydrogen-bond donors (Lipinski definition) is 1. The number of carbonyl (C=O) groups is 1. The van der Waals surface area contributed by atoms with Gasteiger partial charge in [-0.3, -0.25) is 14.6 Å². The number of rotatable bonds is 3. The summed E-state index contributed by atoms with van der Waals surface area (Å²) < 4.78 is 2.02. The second-order valence-corrected chi connectivity index (χ2v) is 7.05. The highest BCUT2D eigenvalue weighted by Crippen LogP contribution is 2.26. The van der Waals surface area contributed by atoms with E-state index in [0.717, 1.165) is 53.8 Å². The molecule has 6 nitrogen and oxygen atoms in total. The molecule has 2 aromatic heterocycles. The predicted molar refractivity (Wildman–Crippen MR) is 96.6 cm³/mol. The van der Waals surface area contributed by atoms with Gasteiger partial charge in [-0.1, -0.05) is 0 Å². The fourth-order valence-electron chi connectivity index (χ4n) is 3.88. The van der Waals surface area contributed by atoms with E-state index in [4.69, 9.17) is 0 Å². The normalized spacial score (nSPS) is 17.6. The van der Waals surface area contributed by atoms with Crippen LogP contribution in [0, 0.1) is 20.8 Å². The van der Waals surface area contributed by atoms with Crippen LogP contribution in [0.5, 0.6) is 0 Å². The van der Waals surface area contributed by atoms with Gasteiger partial charge in [0.25, 0.3) is 5.91 Å². The Kier molecular flexibility index (Phi) is 3.82. The molecular weight excluding hydrogens is 314 g/mol. The maximum Gasteiger partial charge on any atom is 0.256 e. The fraction of sp³-hybridized carbons (Fsp3) is 0.421. The van der Waals surface area contributed by atoms with Gasteiger partial charge in [-0.15, -0.1) is 0 Å². The number of hydrogen-bond acceptors (Lipinski definition) is 3. The largest absolute Gasteiger partial charge is 0.334 e. The van der Waals surface area contributed by atoms with Crippen LogP contribution in [0.3, 0.4) is 0 Å². The third-order valence-corrected chi connectivity index (χ3v) is 5.05. The first-order valence-electron chi connectivity index (χ1n) is 8.78. The number of benzene rings is 1. The van der Waals surface area contributed by atoms with Crippen LogP contribution in [-0.2, 0) is 6.54 Å². The van der Waals surface area contributed by atoms with Crippen LogP contribution in [0.1, 0.15) is 40.2 Å². The molecule has 0 bridgehead atoms. The number of fused-ring (bicyclic) bond motifs is 1. The van der Waals surface area contributed by atoms with Gasteiger partial charge in [0.05, 0.1) is 35.6 Å². The summed E-state index contributed by atoms with van der Waals surface area (Å²) in [7, 11) is 0. The van der Waals surface area contributed by atoms with Gasteiger partial charge in [0, 0.05) is 17.6 Å². The Hall–Kier alpha value is -2.63. The molecule has 1 amide bonds. The summed E-state index contributed by atoms with van der Waals surface area (Å²) in [6.45, 7) is 7.63. The second-order valence-electron chi connectivity index (χ2n) is 7.05. The number of nitrogens with one attached hydrogen (secondary N) is 1. The Morgan fingerprint density at radius 2 is 2.12 bits per heavy atom. The van der Waals surface area contributed by atoms with Crippen molar-refractivity contribution in [1.29, 1.82) is 0 Å². The van der Waals surface area contributed by atoms with Gasteiger partial charge >= 0.3 is 0 Å². The summed E-state index contributed by atoms with van der Waals surface area (Å²) in [6.07, 6.45) is 3.83. The van der Waals surface area contributed by atoms with Crippen LogP contribution in [0.2, 0.25) is 0 Å². The molecule has 1 N–H and O–H groups in total.